The molecule has 0 aliphatic rings. The lowest BCUT2D eigenvalue weighted by Gasteiger charge is -2.03. The summed E-state index contributed by atoms with van der Waals surface area (Å²) in [7, 11) is 0. The first-order chi connectivity index (χ1) is 10.1. The number of halogens is 1. The second-order valence-corrected chi connectivity index (χ2v) is 5.11. The highest BCUT2D eigenvalue weighted by Crippen LogP contribution is 2.27. The van der Waals surface area contributed by atoms with Crippen LogP contribution in [-0.2, 0) is 9.53 Å². The summed E-state index contributed by atoms with van der Waals surface area (Å²) in [5, 5.41) is 4.18. The molecule has 21 heavy (non-hydrogen) atoms. The maximum Gasteiger partial charge on any atom is 0.325 e. The third-order valence-corrected chi connectivity index (χ3v) is 3.67. The van der Waals surface area contributed by atoms with Gasteiger partial charge in [0.05, 0.1) is 12.2 Å². The number of ether oxygens (including phenoxy) is 1. The van der Waals surface area contributed by atoms with Crippen LogP contribution in [0.4, 0.5) is 4.39 Å². The van der Waals surface area contributed by atoms with Gasteiger partial charge in [0.25, 0.3) is 5.91 Å². The number of thiophene rings is 1. The lowest BCUT2D eigenvalue weighted by atomic mass is 10.1. The van der Waals surface area contributed by atoms with E-state index < -0.39 is 5.97 Å². The first-order valence-corrected chi connectivity index (χ1v) is 7.26. The monoisotopic (exact) mass is 307 g/mol. The molecule has 0 aliphatic heterocycles. The molecule has 0 aliphatic carbocycles. The molecule has 110 valence electrons. The van der Waals surface area contributed by atoms with Gasteiger partial charge >= 0.3 is 5.97 Å². The fraction of sp³-hybridized carbons (Fsp3) is 0.200. The van der Waals surface area contributed by atoms with Gasteiger partial charge in [0.15, 0.2) is 0 Å². The third-order valence-electron chi connectivity index (χ3n) is 2.69. The van der Waals surface area contributed by atoms with E-state index >= 15 is 0 Å². The van der Waals surface area contributed by atoms with Crippen molar-refractivity contribution in [2.75, 3.05) is 13.2 Å². The van der Waals surface area contributed by atoms with Crippen LogP contribution in [0.3, 0.4) is 0 Å². The van der Waals surface area contributed by atoms with E-state index in [0.29, 0.717) is 5.56 Å². The quantitative estimate of drug-likeness (QED) is 0.864. The zero-order valence-corrected chi connectivity index (χ0v) is 12.2. The van der Waals surface area contributed by atoms with Crippen LogP contribution in [0.2, 0.25) is 0 Å². The second kappa shape index (κ2) is 6.99. The van der Waals surface area contributed by atoms with Crippen molar-refractivity contribution in [3.8, 4) is 10.4 Å². The van der Waals surface area contributed by atoms with Crippen LogP contribution in [0.25, 0.3) is 10.4 Å². The van der Waals surface area contributed by atoms with Gasteiger partial charge in [-0.05, 0) is 30.7 Å². The molecular weight excluding hydrogens is 293 g/mol. The van der Waals surface area contributed by atoms with Crippen molar-refractivity contribution in [3.05, 3.63) is 47.1 Å². The van der Waals surface area contributed by atoms with Gasteiger partial charge in [0.2, 0.25) is 0 Å². The van der Waals surface area contributed by atoms with Crippen LogP contribution in [0.5, 0.6) is 0 Å². The van der Waals surface area contributed by atoms with Gasteiger partial charge in [-0.15, -0.1) is 11.3 Å². The topological polar surface area (TPSA) is 55.4 Å². The van der Waals surface area contributed by atoms with Crippen LogP contribution < -0.4 is 5.32 Å². The molecular formula is C15H14FNO3S. The van der Waals surface area contributed by atoms with Crippen LogP contribution in [-0.4, -0.2) is 25.0 Å². The predicted octanol–water partition coefficient (Wildman–Crippen LogP) is 2.85. The number of benzene rings is 1. The number of amides is 1. The van der Waals surface area contributed by atoms with E-state index in [2.05, 4.69) is 5.32 Å². The van der Waals surface area contributed by atoms with Crippen molar-refractivity contribution in [2.24, 2.45) is 0 Å². The summed E-state index contributed by atoms with van der Waals surface area (Å²) < 4.78 is 17.6. The number of rotatable bonds is 5. The maximum atomic E-state index is 12.9. The van der Waals surface area contributed by atoms with Gasteiger partial charge in [-0.1, -0.05) is 12.1 Å². The van der Waals surface area contributed by atoms with Gasteiger partial charge < -0.3 is 10.1 Å². The zero-order valence-electron chi connectivity index (χ0n) is 11.4. The number of hydrogen-bond donors (Lipinski definition) is 1. The summed E-state index contributed by atoms with van der Waals surface area (Å²) in [5.41, 5.74) is 1.30. The first kappa shape index (κ1) is 15.2. The first-order valence-electron chi connectivity index (χ1n) is 6.38. The molecule has 0 saturated heterocycles. The second-order valence-electron chi connectivity index (χ2n) is 4.19. The van der Waals surface area contributed by atoms with Crippen LogP contribution >= 0.6 is 11.3 Å². The molecule has 0 spiro atoms. The minimum atomic E-state index is -0.472. The van der Waals surface area contributed by atoms with Crippen LogP contribution in [0.1, 0.15) is 17.3 Å². The van der Waals surface area contributed by atoms with Gasteiger partial charge in [0.1, 0.15) is 12.4 Å². The molecule has 1 amide bonds. The Labute approximate surface area is 125 Å². The number of carbonyl (C=O) groups is 2. The molecule has 1 aromatic heterocycles. The van der Waals surface area contributed by atoms with Crippen molar-refractivity contribution < 1.29 is 18.7 Å². The summed E-state index contributed by atoms with van der Waals surface area (Å²) in [6.07, 6.45) is 0. The summed E-state index contributed by atoms with van der Waals surface area (Å²) in [6.45, 7) is 1.82. The molecule has 4 nitrogen and oxygen atoms in total. The Morgan fingerprint density at radius 1 is 1.29 bits per heavy atom. The molecule has 2 rings (SSSR count). The normalized spacial score (nSPS) is 10.2. The van der Waals surface area contributed by atoms with Crippen molar-refractivity contribution in [3.63, 3.8) is 0 Å². The smallest absolute Gasteiger partial charge is 0.325 e. The fourth-order valence-electron chi connectivity index (χ4n) is 1.69. The van der Waals surface area contributed by atoms with Crippen molar-refractivity contribution in [2.45, 2.75) is 6.92 Å². The third kappa shape index (κ3) is 4.13. The Kier molecular flexibility index (Phi) is 5.05. The molecule has 0 fully saturated rings. The largest absolute Gasteiger partial charge is 0.465 e. The minimum absolute atomic E-state index is 0.158. The van der Waals surface area contributed by atoms with E-state index in [0.717, 1.165) is 10.4 Å². The van der Waals surface area contributed by atoms with E-state index in [-0.39, 0.29) is 24.9 Å². The number of esters is 1. The minimum Gasteiger partial charge on any atom is -0.465 e. The van der Waals surface area contributed by atoms with Crippen molar-refractivity contribution >= 4 is 23.2 Å². The Bertz CT molecular complexity index is 637. The van der Waals surface area contributed by atoms with Crippen molar-refractivity contribution in [1.82, 2.24) is 5.32 Å². The van der Waals surface area contributed by atoms with E-state index in [1.54, 1.807) is 30.5 Å². The lowest BCUT2D eigenvalue weighted by molar-refractivity contribution is -0.141. The maximum absolute atomic E-state index is 12.9. The predicted molar refractivity (Wildman–Crippen MR) is 78.7 cm³/mol. The van der Waals surface area contributed by atoms with E-state index in [4.69, 9.17) is 4.74 Å². The summed E-state index contributed by atoms with van der Waals surface area (Å²) in [6, 6.07) is 7.76. The highest BCUT2D eigenvalue weighted by Gasteiger charge is 2.11. The molecule has 2 aromatic rings. The average Bonchev–Trinajstić information content (AvgIpc) is 2.96. The highest BCUT2D eigenvalue weighted by atomic mass is 32.1. The number of nitrogens with one attached hydrogen (secondary N) is 1. The van der Waals surface area contributed by atoms with Gasteiger partial charge in [-0.25, -0.2) is 4.39 Å². The van der Waals surface area contributed by atoms with E-state index in [1.807, 2.05) is 0 Å². The SMILES string of the molecule is CCOC(=O)CNC(=O)c1csc(-c2ccc(F)cc2)c1. The van der Waals surface area contributed by atoms with Gasteiger partial charge in [0, 0.05) is 10.3 Å². The summed E-state index contributed by atoms with van der Waals surface area (Å²) in [5.74, 6) is -1.12. The Hall–Kier alpha value is -2.21. The zero-order chi connectivity index (χ0) is 15.2. The molecule has 1 heterocycles. The fourth-order valence-corrected chi connectivity index (χ4v) is 2.58. The molecule has 0 atom stereocenters. The molecule has 0 bridgehead atoms. The van der Waals surface area contributed by atoms with E-state index in [9.17, 15) is 14.0 Å². The standard InChI is InChI=1S/C15H14FNO3S/c1-2-20-14(18)8-17-15(19)11-7-13(21-9-11)10-3-5-12(16)6-4-10/h3-7,9H,2,8H2,1H3,(H,17,19). The summed E-state index contributed by atoms with van der Waals surface area (Å²) in [4.78, 5) is 23.9. The lowest BCUT2D eigenvalue weighted by Crippen LogP contribution is -2.30. The van der Waals surface area contributed by atoms with Crippen LogP contribution in [0, 0.1) is 5.82 Å². The van der Waals surface area contributed by atoms with Gasteiger partial charge in [-0.2, -0.15) is 0 Å². The average molecular weight is 307 g/mol. The summed E-state index contributed by atoms with van der Waals surface area (Å²) >= 11 is 1.38. The molecule has 6 heteroatoms. The highest BCUT2D eigenvalue weighted by molar-refractivity contribution is 7.13. The number of hydrogen-bond acceptors (Lipinski definition) is 4. The molecule has 0 radical (unpaired) electrons. The number of carbonyl (C=O) groups excluding carboxylic acids is 2. The van der Waals surface area contributed by atoms with Crippen molar-refractivity contribution in [1.29, 1.82) is 0 Å². The van der Waals surface area contributed by atoms with E-state index in [1.165, 1.54) is 23.5 Å². The molecule has 1 N–H and O–H groups in total. The Morgan fingerprint density at radius 2 is 2.00 bits per heavy atom. The molecule has 0 unspecified atom stereocenters. The van der Waals surface area contributed by atoms with Gasteiger partial charge in [-0.3, -0.25) is 9.59 Å². The Morgan fingerprint density at radius 3 is 2.67 bits per heavy atom. The molecule has 1 aromatic carbocycles. The van der Waals surface area contributed by atoms with Crippen LogP contribution in [0.15, 0.2) is 35.7 Å². The Balaban J connectivity index is 2.00. The molecule has 0 saturated carbocycles.